The van der Waals surface area contributed by atoms with Crippen molar-refractivity contribution in [1.29, 1.82) is 0 Å². The second-order valence-corrected chi connectivity index (χ2v) is 8.70. The predicted octanol–water partition coefficient (Wildman–Crippen LogP) is 1.62. The second kappa shape index (κ2) is 7.20. The Bertz CT molecular complexity index is 876. The highest BCUT2D eigenvalue weighted by Gasteiger charge is 2.30. The molecule has 0 unspecified atom stereocenters. The van der Waals surface area contributed by atoms with E-state index in [9.17, 15) is 13.2 Å². The summed E-state index contributed by atoms with van der Waals surface area (Å²) < 4.78 is 28.6. The molecule has 3 rings (SSSR count). The average molecular weight is 376 g/mol. The Morgan fingerprint density at radius 1 is 1.15 bits per heavy atom. The van der Waals surface area contributed by atoms with Crippen molar-refractivity contribution in [1.82, 2.24) is 19.4 Å². The summed E-state index contributed by atoms with van der Waals surface area (Å²) >= 11 is 0. The molecule has 2 heterocycles. The van der Waals surface area contributed by atoms with Crippen LogP contribution in [0, 0.1) is 13.8 Å². The van der Waals surface area contributed by atoms with Crippen LogP contribution >= 0.6 is 0 Å². The lowest BCUT2D eigenvalue weighted by Gasteiger charge is -2.31. The minimum atomic E-state index is -3.48. The number of hydrogen-bond donors (Lipinski definition) is 1. The largest absolute Gasteiger partial charge is 0.348 e. The topological polar surface area (TPSA) is 84.3 Å². The lowest BCUT2D eigenvalue weighted by atomic mass is 10.1. The minimum Gasteiger partial charge on any atom is -0.348 e. The third kappa shape index (κ3) is 3.81. The van der Waals surface area contributed by atoms with Crippen LogP contribution in [0.25, 0.3) is 0 Å². The van der Waals surface area contributed by atoms with Crippen molar-refractivity contribution in [2.45, 2.75) is 37.6 Å². The number of nitrogens with one attached hydrogen (secondary N) is 1. The maximum absolute atomic E-state index is 12.7. The summed E-state index contributed by atoms with van der Waals surface area (Å²) in [6, 6.07) is 8.58. The fourth-order valence-electron chi connectivity index (χ4n) is 3.03. The molecule has 1 saturated heterocycles. The molecule has 0 saturated carbocycles. The van der Waals surface area contributed by atoms with E-state index >= 15 is 0 Å². The molecule has 1 aromatic heterocycles. The Morgan fingerprint density at radius 3 is 2.31 bits per heavy atom. The number of piperidine rings is 1. The fraction of sp³-hybridized carbons (Fsp3) is 0.444. The van der Waals surface area contributed by atoms with Gasteiger partial charge in [0.15, 0.2) is 0 Å². The zero-order valence-corrected chi connectivity index (χ0v) is 16.1. The molecule has 1 amide bonds. The highest BCUT2D eigenvalue weighted by molar-refractivity contribution is 7.89. The Kier molecular flexibility index (Phi) is 5.15. The molecule has 8 heteroatoms. The van der Waals surface area contributed by atoms with Crippen LogP contribution in [0.15, 0.2) is 35.2 Å². The molecular formula is C18H24N4O3S. The van der Waals surface area contributed by atoms with Crippen LogP contribution in [0.3, 0.4) is 0 Å². The van der Waals surface area contributed by atoms with Crippen molar-refractivity contribution in [3.05, 3.63) is 47.3 Å². The van der Waals surface area contributed by atoms with Gasteiger partial charge in [0.25, 0.3) is 5.91 Å². The number of amides is 1. The first kappa shape index (κ1) is 18.6. The zero-order valence-electron chi connectivity index (χ0n) is 15.3. The molecule has 0 bridgehead atoms. The van der Waals surface area contributed by atoms with Gasteiger partial charge in [-0.25, -0.2) is 8.42 Å². The van der Waals surface area contributed by atoms with Gasteiger partial charge in [0.05, 0.1) is 4.90 Å². The van der Waals surface area contributed by atoms with Gasteiger partial charge in [-0.2, -0.15) is 9.40 Å². The highest BCUT2D eigenvalue weighted by atomic mass is 32.2. The molecule has 0 radical (unpaired) electrons. The van der Waals surface area contributed by atoms with Gasteiger partial charge in [0.1, 0.15) is 5.69 Å². The fourth-order valence-corrected chi connectivity index (χ4v) is 4.50. The smallest absolute Gasteiger partial charge is 0.272 e. The van der Waals surface area contributed by atoms with E-state index in [1.807, 2.05) is 13.8 Å². The number of carbonyl (C=O) groups is 1. The number of carbonyl (C=O) groups excluding carboxylic acids is 1. The molecule has 1 aromatic carbocycles. The number of nitrogens with zero attached hydrogens (tertiary/aromatic N) is 3. The summed E-state index contributed by atoms with van der Waals surface area (Å²) in [5, 5.41) is 7.13. The summed E-state index contributed by atoms with van der Waals surface area (Å²) in [6.45, 7) is 4.59. The van der Waals surface area contributed by atoms with Crippen molar-refractivity contribution < 1.29 is 13.2 Å². The molecule has 0 aliphatic carbocycles. The van der Waals surface area contributed by atoms with Crippen LogP contribution in [-0.2, 0) is 17.1 Å². The van der Waals surface area contributed by atoms with Gasteiger partial charge in [-0.15, -0.1) is 0 Å². The summed E-state index contributed by atoms with van der Waals surface area (Å²) in [4.78, 5) is 12.6. The molecule has 1 aliphatic rings. The van der Waals surface area contributed by atoms with Crippen LogP contribution in [-0.4, -0.2) is 47.5 Å². The average Bonchev–Trinajstić information content (AvgIpc) is 2.95. The summed E-state index contributed by atoms with van der Waals surface area (Å²) in [5.41, 5.74) is 2.32. The van der Waals surface area contributed by atoms with E-state index in [-0.39, 0.29) is 11.9 Å². The van der Waals surface area contributed by atoms with Gasteiger partial charge >= 0.3 is 0 Å². The van der Waals surface area contributed by atoms with E-state index in [4.69, 9.17) is 0 Å². The van der Waals surface area contributed by atoms with E-state index in [0.717, 1.165) is 11.3 Å². The SMILES string of the molecule is Cc1ccc(S(=O)(=O)N2CCC(NC(=O)c3cc(C)n(C)n3)CC2)cc1. The third-order valence-electron chi connectivity index (χ3n) is 4.79. The van der Waals surface area contributed by atoms with E-state index in [0.29, 0.717) is 36.5 Å². The lowest BCUT2D eigenvalue weighted by Crippen LogP contribution is -2.46. The lowest BCUT2D eigenvalue weighted by molar-refractivity contribution is 0.0918. The van der Waals surface area contributed by atoms with Crippen molar-refractivity contribution in [2.24, 2.45) is 7.05 Å². The second-order valence-electron chi connectivity index (χ2n) is 6.76. The maximum atomic E-state index is 12.7. The summed E-state index contributed by atoms with van der Waals surface area (Å²) in [7, 11) is -1.69. The van der Waals surface area contributed by atoms with Crippen LogP contribution in [0.4, 0.5) is 0 Å². The number of aryl methyl sites for hydroxylation is 3. The van der Waals surface area contributed by atoms with E-state index in [1.54, 1.807) is 42.1 Å². The first-order valence-electron chi connectivity index (χ1n) is 8.65. The first-order chi connectivity index (χ1) is 12.3. The molecule has 0 atom stereocenters. The van der Waals surface area contributed by atoms with Gasteiger partial charge in [0, 0.05) is 31.9 Å². The highest BCUT2D eigenvalue weighted by Crippen LogP contribution is 2.21. The van der Waals surface area contributed by atoms with Gasteiger partial charge in [-0.05, 0) is 44.9 Å². The Hall–Kier alpha value is -2.19. The van der Waals surface area contributed by atoms with E-state index in [2.05, 4.69) is 10.4 Å². The number of benzene rings is 1. The Balaban J connectivity index is 1.60. The quantitative estimate of drug-likeness (QED) is 0.879. The molecule has 7 nitrogen and oxygen atoms in total. The summed E-state index contributed by atoms with van der Waals surface area (Å²) in [5.74, 6) is -0.214. The van der Waals surface area contributed by atoms with Crippen LogP contribution in [0.1, 0.15) is 34.6 Å². The molecule has 0 spiro atoms. The van der Waals surface area contributed by atoms with Gasteiger partial charge in [0.2, 0.25) is 10.0 Å². The van der Waals surface area contributed by atoms with Crippen LogP contribution in [0.2, 0.25) is 0 Å². The molecule has 26 heavy (non-hydrogen) atoms. The van der Waals surface area contributed by atoms with Gasteiger partial charge < -0.3 is 5.32 Å². The Labute approximate surface area is 154 Å². The molecule has 1 N–H and O–H groups in total. The minimum absolute atomic E-state index is 0.0470. The van der Waals surface area contributed by atoms with Gasteiger partial charge in [-0.3, -0.25) is 9.48 Å². The summed E-state index contributed by atoms with van der Waals surface area (Å²) in [6.07, 6.45) is 1.17. The number of hydrogen-bond acceptors (Lipinski definition) is 4. The van der Waals surface area contributed by atoms with Crippen molar-refractivity contribution >= 4 is 15.9 Å². The van der Waals surface area contributed by atoms with Crippen LogP contribution in [0.5, 0.6) is 0 Å². The molecular weight excluding hydrogens is 352 g/mol. The van der Waals surface area contributed by atoms with Crippen molar-refractivity contribution in [2.75, 3.05) is 13.1 Å². The zero-order chi connectivity index (χ0) is 18.9. The Morgan fingerprint density at radius 2 is 1.77 bits per heavy atom. The number of rotatable bonds is 4. The third-order valence-corrected chi connectivity index (χ3v) is 6.71. The molecule has 1 aliphatic heterocycles. The normalized spacial score (nSPS) is 16.6. The first-order valence-corrected chi connectivity index (χ1v) is 10.1. The monoisotopic (exact) mass is 376 g/mol. The van der Waals surface area contributed by atoms with Crippen molar-refractivity contribution in [3.63, 3.8) is 0 Å². The number of aromatic nitrogens is 2. The van der Waals surface area contributed by atoms with Crippen molar-refractivity contribution in [3.8, 4) is 0 Å². The van der Waals surface area contributed by atoms with E-state index in [1.165, 1.54) is 4.31 Å². The standard InChI is InChI=1S/C18H24N4O3S/c1-13-4-6-16(7-5-13)26(24,25)22-10-8-15(9-11-22)19-18(23)17-12-14(2)21(3)20-17/h4-7,12,15H,8-11H2,1-3H3,(H,19,23). The van der Waals surface area contributed by atoms with E-state index < -0.39 is 10.0 Å². The van der Waals surface area contributed by atoms with Gasteiger partial charge in [-0.1, -0.05) is 17.7 Å². The van der Waals surface area contributed by atoms with Crippen LogP contribution < -0.4 is 5.32 Å². The number of sulfonamides is 1. The maximum Gasteiger partial charge on any atom is 0.272 e. The molecule has 1 fully saturated rings. The predicted molar refractivity (Wildman–Crippen MR) is 98.4 cm³/mol. The molecule has 140 valence electrons. The molecule has 2 aromatic rings.